The summed E-state index contributed by atoms with van der Waals surface area (Å²) in [5.41, 5.74) is 6.33. The van der Waals surface area contributed by atoms with E-state index in [4.69, 9.17) is 0 Å². The van der Waals surface area contributed by atoms with Crippen LogP contribution >= 0.6 is 0 Å². The van der Waals surface area contributed by atoms with Gasteiger partial charge in [0.2, 0.25) is 0 Å². The Labute approximate surface area is 187 Å². The first kappa shape index (κ1) is 22.4. The Bertz CT molecular complexity index is 750. The van der Waals surface area contributed by atoms with Crippen LogP contribution in [0.4, 0.5) is 0 Å². The second kappa shape index (κ2) is 7.67. The molecule has 4 aliphatic rings. The summed E-state index contributed by atoms with van der Waals surface area (Å²) in [4.78, 5) is 0. The third-order valence-corrected chi connectivity index (χ3v) is 11.4. The maximum atomic E-state index is 4.32. The molecule has 0 radical (unpaired) electrons. The van der Waals surface area contributed by atoms with Crippen LogP contribution < -0.4 is 0 Å². The van der Waals surface area contributed by atoms with Gasteiger partial charge in [-0.25, -0.2) is 0 Å². The SMILES string of the molecule is C=C(CCCC1CCC2C3=CCC4(C)C(C)C(C)CCC4(C)C3=CCC12C)C(C)C. The van der Waals surface area contributed by atoms with E-state index in [1.54, 1.807) is 11.1 Å². The van der Waals surface area contributed by atoms with Gasteiger partial charge in [-0.2, -0.15) is 0 Å². The third kappa shape index (κ3) is 3.14. The first-order chi connectivity index (χ1) is 14.0. The summed E-state index contributed by atoms with van der Waals surface area (Å²) in [5, 5.41) is 0. The lowest BCUT2D eigenvalue weighted by Gasteiger charge is -2.61. The highest BCUT2D eigenvalue weighted by Gasteiger charge is 2.59. The Hall–Kier alpha value is -0.780. The summed E-state index contributed by atoms with van der Waals surface area (Å²) in [5.74, 6) is 4.03. The number of fused-ring (bicyclic) bond motifs is 5. The monoisotopic (exact) mass is 408 g/mol. The molecule has 168 valence electrons. The van der Waals surface area contributed by atoms with Crippen LogP contribution in [0.3, 0.4) is 0 Å². The van der Waals surface area contributed by atoms with Gasteiger partial charge in [-0.05, 0) is 115 Å². The van der Waals surface area contributed by atoms with E-state index in [0.717, 1.165) is 23.7 Å². The standard InChI is InChI=1S/C30H48/c1-20(2)21(3)10-9-11-24-12-13-26-25-15-19-29(7)23(5)22(4)14-18-30(29,8)27(25)16-17-28(24,26)6/h15-16,20,22-24,26H,3,9-14,17-19H2,1-2,4-8H3. The fourth-order valence-corrected chi connectivity index (χ4v) is 8.25. The average molecular weight is 409 g/mol. The summed E-state index contributed by atoms with van der Waals surface area (Å²) in [6, 6.07) is 0. The van der Waals surface area contributed by atoms with E-state index in [0.29, 0.717) is 22.2 Å². The zero-order chi connectivity index (χ0) is 21.9. The minimum atomic E-state index is 0.386. The van der Waals surface area contributed by atoms with Crippen molar-refractivity contribution in [3.05, 3.63) is 35.5 Å². The van der Waals surface area contributed by atoms with E-state index < -0.39 is 0 Å². The third-order valence-electron chi connectivity index (χ3n) is 11.4. The van der Waals surface area contributed by atoms with Gasteiger partial charge in [0.15, 0.2) is 0 Å². The van der Waals surface area contributed by atoms with E-state index >= 15 is 0 Å². The second-order valence-electron chi connectivity index (χ2n) is 12.8. The van der Waals surface area contributed by atoms with Crippen LogP contribution in [0.15, 0.2) is 35.5 Å². The fraction of sp³-hybridized carbons (Fsp3) is 0.800. The first-order valence-electron chi connectivity index (χ1n) is 13.1. The first-order valence-corrected chi connectivity index (χ1v) is 13.1. The maximum absolute atomic E-state index is 4.32. The molecule has 0 heteroatoms. The van der Waals surface area contributed by atoms with Gasteiger partial charge in [-0.15, -0.1) is 0 Å². The molecule has 4 rings (SSSR count). The van der Waals surface area contributed by atoms with Gasteiger partial charge >= 0.3 is 0 Å². The summed E-state index contributed by atoms with van der Waals surface area (Å²) in [6.07, 6.45) is 17.7. The molecule has 7 atom stereocenters. The molecule has 0 amide bonds. The molecule has 0 spiro atoms. The van der Waals surface area contributed by atoms with Crippen molar-refractivity contribution >= 4 is 0 Å². The highest BCUT2D eigenvalue weighted by Crippen LogP contribution is 2.69. The average Bonchev–Trinajstić information content (AvgIpc) is 3.04. The van der Waals surface area contributed by atoms with Crippen molar-refractivity contribution in [3.8, 4) is 0 Å². The van der Waals surface area contributed by atoms with Crippen LogP contribution in [0, 0.1) is 45.8 Å². The van der Waals surface area contributed by atoms with Crippen LogP contribution in [-0.2, 0) is 0 Å². The van der Waals surface area contributed by atoms with Gasteiger partial charge in [0.25, 0.3) is 0 Å². The van der Waals surface area contributed by atoms with Crippen LogP contribution in [0.5, 0.6) is 0 Å². The predicted octanol–water partition coefficient (Wildman–Crippen LogP) is 9.14. The van der Waals surface area contributed by atoms with Crippen molar-refractivity contribution in [2.75, 3.05) is 0 Å². The molecule has 0 saturated heterocycles. The highest BCUT2D eigenvalue weighted by atomic mass is 14.6. The Morgan fingerprint density at radius 2 is 1.80 bits per heavy atom. The molecule has 2 saturated carbocycles. The summed E-state index contributed by atoms with van der Waals surface area (Å²) in [6.45, 7) is 21.8. The van der Waals surface area contributed by atoms with Gasteiger partial charge in [-0.3, -0.25) is 0 Å². The molecule has 7 unspecified atom stereocenters. The lowest BCUT2D eigenvalue weighted by atomic mass is 9.43. The van der Waals surface area contributed by atoms with Crippen molar-refractivity contribution in [1.82, 2.24) is 0 Å². The molecule has 0 aromatic rings. The molecular weight excluding hydrogens is 360 g/mol. The van der Waals surface area contributed by atoms with Crippen molar-refractivity contribution < 1.29 is 0 Å². The van der Waals surface area contributed by atoms with E-state index in [-0.39, 0.29) is 0 Å². The predicted molar refractivity (Wildman–Crippen MR) is 131 cm³/mol. The lowest BCUT2D eigenvalue weighted by Crippen LogP contribution is -2.52. The molecule has 0 nitrogen and oxygen atoms in total. The lowest BCUT2D eigenvalue weighted by molar-refractivity contribution is -0.0398. The number of rotatable bonds is 5. The molecular formula is C30H48. The molecule has 0 heterocycles. The van der Waals surface area contributed by atoms with Crippen LogP contribution in [-0.4, -0.2) is 0 Å². The number of hydrogen-bond donors (Lipinski definition) is 0. The molecule has 0 bridgehead atoms. The van der Waals surface area contributed by atoms with Gasteiger partial charge in [-0.1, -0.05) is 72.8 Å². The normalized spacial score (nSPS) is 45.3. The van der Waals surface area contributed by atoms with E-state index in [9.17, 15) is 0 Å². The number of allylic oxidation sites excluding steroid dienone is 5. The summed E-state index contributed by atoms with van der Waals surface area (Å²) >= 11 is 0. The molecule has 0 aromatic carbocycles. The largest absolute Gasteiger partial charge is 0.0996 e. The Kier molecular flexibility index (Phi) is 5.73. The van der Waals surface area contributed by atoms with Gasteiger partial charge in [0, 0.05) is 0 Å². The maximum Gasteiger partial charge on any atom is -0.00162 e. The summed E-state index contributed by atoms with van der Waals surface area (Å²) in [7, 11) is 0. The molecule has 2 fully saturated rings. The summed E-state index contributed by atoms with van der Waals surface area (Å²) < 4.78 is 0. The fourth-order valence-electron chi connectivity index (χ4n) is 8.25. The quantitative estimate of drug-likeness (QED) is 0.398. The van der Waals surface area contributed by atoms with Crippen molar-refractivity contribution in [3.63, 3.8) is 0 Å². The van der Waals surface area contributed by atoms with E-state index in [1.165, 1.54) is 63.4 Å². The van der Waals surface area contributed by atoms with Crippen LogP contribution in [0.2, 0.25) is 0 Å². The Morgan fingerprint density at radius 3 is 2.50 bits per heavy atom. The molecule has 4 aliphatic carbocycles. The minimum Gasteiger partial charge on any atom is -0.0996 e. The van der Waals surface area contributed by atoms with E-state index in [1.807, 2.05) is 0 Å². The Morgan fingerprint density at radius 1 is 1.07 bits per heavy atom. The van der Waals surface area contributed by atoms with Crippen molar-refractivity contribution in [1.29, 1.82) is 0 Å². The van der Waals surface area contributed by atoms with Crippen molar-refractivity contribution in [2.24, 2.45) is 45.8 Å². The smallest absolute Gasteiger partial charge is 0.00162 e. The van der Waals surface area contributed by atoms with Crippen molar-refractivity contribution in [2.45, 2.75) is 106 Å². The van der Waals surface area contributed by atoms with Gasteiger partial charge < -0.3 is 0 Å². The van der Waals surface area contributed by atoms with E-state index in [2.05, 4.69) is 67.2 Å². The van der Waals surface area contributed by atoms with Crippen LogP contribution in [0.25, 0.3) is 0 Å². The second-order valence-corrected chi connectivity index (χ2v) is 12.8. The zero-order valence-electron chi connectivity index (χ0n) is 21.1. The molecule has 0 N–H and O–H groups in total. The molecule has 0 aromatic heterocycles. The minimum absolute atomic E-state index is 0.386. The van der Waals surface area contributed by atoms with Gasteiger partial charge in [0.05, 0.1) is 0 Å². The topological polar surface area (TPSA) is 0 Å². The molecule has 0 aliphatic heterocycles. The van der Waals surface area contributed by atoms with Crippen LogP contribution in [0.1, 0.15) is 106 Å². The van der Waals surface area contributed by atoms with Gasteiger partial charge in [0.1, 0.15) is 0 Å². The molecule has 30 heavy (non-hydrogen) atoms. The zero-order valence-corrected chi connectivity index (χ0v) is 21.1. The Balaban J connectivity index is 1.56. The highest BCUT2D eigenvalue weighted by molar-refractivity contribution is 5.47. The number of hydrogen-bond acceptors (Lipinski definition) is 0.